The molecule has 0 bridgehead atoms. The molecule has 0 spiro atoms. The summed E-state index contributed by atoms with van der Waals surface area (Å²) in [5.41, 5.74) is 5.30. The Morgan fingerprint density at radius 1 is 0.893 bits per heavy atom. The third-order valence-corrected chi connectivity index (χ3v) is 5.61. The summed E-state index contributed by atoms with van der Waals surface area (Å²) in [4.78, 5) is 0. The lowest BCUT2D eigenvalue weighted by Crippen LogP contribution is -2.05. The first-order valence-corrected chi connectivity index (χ1v) is 11.9. The Hall–Kier alpha value is -1.04. The van der Waals surface area contributed by atoms with E-state index in [0.717, 1.165) is 25.4 Å². The van der Waals surface area contributed by atoms with Gasteiger partial charge in [-0.25, -0.2) is 0 Å². The van der Waals surface area contributed by atoms with Gasteiger partial charge < -0.3 is 10.5 Å². The molecule has 0 radical (unpaired) electrons. The largest absolute Gasteiger partial charge is 0.367 e. The number of allylic oxidation sites excluding steroid dienone is 4. The molecule has 0 heterocycles. The summed E-state index contributed by atoms with van der Waals surface area (Å²) in [5.74, 6) is 7.92. The first-order chi connectivity index (χ1) is 13.8. The number of unbranched alkanes of at least 4 members (excludes halogenated alkanes) is 11. The van der Waals surface area contributed by atoms with Crippen LogP contribution in [0.3, 0.4) is 0 Å². The van der Waals surface area contributed by atoms with E-state index in [2.05, 4.69) is 43.1 Å². The van der Waals surface area contributed by atoms with Gasteiger partial charge in [-0.15, -0.1) is 0 Å². The highest BCUT2D eigenvalue weighted by Gasteiger charge is 2.08. The van der Waals surface area contributed by atoms with Gasteiger partial charge in [-0.1, -0.05) is 120 Å². The minimum atomic E-state index is 0.365. The average Bonchev–Trinajstić information content (AvgIpc) is 2.67. The maximum absolute atomic E-state index is 5.30. The smallest absolute Gasteiger partial charge is 0.0940 e. The summed E-state index contributed by atoms with van der Waals surface area (Å²) in [5, 5.41) is 0. The molecule has 0 amide bonds. The third-order valence-electron chi connectivity index (χ3n) is 5.61. The molecule has 2 N–H and O–H groups in total. The van der Waals surface area contributed by atoms with Gasteiger partial charge in [0.15, 0.2) is 0 Å². The predicted molar refractivity (Wildman–Crippen MR) is 123 cm³/mol. The van der Waals surface area contributed by atoms with Crippen molar-refractivity contribution in [2.45, 2.75) is 103 Å². The Morgan fingerprint density at radius 3 is 2.14 bits per heavy atom. The summed E-state index contributed by atoms with van der Waals surface area (Å²) in [7, 11) is 0. The van der Waals surface area contributed by atoms with Crippen molar-refractivity contribution in [3.8, 4) is 11.8 Å². The van der Waals surface area contributed by atoms with Crippen molar-refractivity contribution in [3.05, 3.63) is 24.3 Å². The van der Waals surface area contributed by atoms with Gasteiger partial charge >= 0.3 is 0 Å². The lowest BCUT2D eigenvalue weighted by molar-refractivity contribution is 0.136. The molecule has 2 heteroatoms. The van der Waals surface area contributed by atoms with Crippen LogP contribution in [0.1, 0.15) is 103 Å². The van der Waals surface area contributed by atoms with Crippen LogP contribution in [0.15, 0.2) is 24.3 Å². The first-order valence-electron chi connectivity index (χ1n) is 11.9. The van der Waals surface area contributed by atoms with Crippen LogP contribution in [0.5, 0.6) is 0 Å². The van der Waals surface area contributed by atoms with Crippen molar-refractivity contribution in [1.29, 1.82) is 0 Å². The number of nitrogens with two attached hydrogens (primary N) is 1. The number of rotatable bonds is 18. The highest BCUT2D eigenvalue weighted by molar-refractivity contribution is 5.19. The van der Waals surface area contributed by atoms with Gasteiger partial charge in [0.05, 0.1) is 6.73 Å². The molecule has 2 nitrogen and oxygen atoms in total. The van der Waals surface area contributed by atoms with Crippen molar-refractivity contribution >= 4 is 0 Å². The molecule has 1 aliphatic carbocycles. The molecule has 1 rings (SSSR count). The van der Waals surface area contributed by atoms with Gasteiger partial charge in [-0.05, 0) is 18.8 Å². The number of hydrogen-bond acceptors (Lipinski definition) is 2. The Balaban J connectivity index is 1.83. The van der Waals surface area contributed by atoms with Gasteiger partial charge in [0.25, 0.3) is 0 Å². The van der Waals surface area contributed by atoms with Crippen LogP contribution < -0.4 is 5.73 Å². The van der Waals surface area contributed by atoms with E-state index in [1.165, 1.54) is 83.5 Å². The van der Waals surface area contributed by atoms with Crippen LogP contribution in [0, 0.1) is 23.7 Å². The molecule has 0 saturated heterocycles. The average molecular weight is 388 g/mol. The molecule has 28 heavy (non-hydrogen) atoms. The van der Waals surface area contributed by atoms with E-state index >= 15 is 0 Å². The number of hydrogen-bond donors (Lipinski definition) is 1. The first kappa shape index (κ1) is 25.0. The van der Waals surface area contributed by atoms with Crippen LogP contribution in [-0.2, 0) is 4.74 Å². The zero-order valence-corrected chi connectivity index (χ0v) is 18.5. The molecule has 0 saturated carbocycles. The monoisotopic (exact) mass is 387 g/mol. The minimum Gasteiger partial charge on any atom is -0.367 e. The summed E-state index contributed by atoms with van der Waals surface area (Å²) >= 11 is 0. The molecule has 0 fully saturated rings. The van der Waals surface area contributed by atoms with Crippen LogP contribution in [0.25, 0.3) is 0 Å². The summed E-state index contributed by atoms with van der Waals surface area (Å²) in [6.07, 6.45) is 28.7. The molecule has 0 aromatic heterocycles. The van der Waals surface area contributed by atoms with E-state index in [0.29, 0.717) is 12.6 Å². The van der Waals surface area contributed by atoms with Crippen molar-refractivity contribution in [1.82, 2.24) is 0 Å². The fourth-order valence-corrected chi connectivity index (χ4v) is 3.88. The quantitative estimate of drug-likeness (QED) is 0.154. The second-order valence-electron chi connectivity index (χ2n) is 8.39. The van der Waals surface area contributed by atoms with E-state index in [1.807, 2.05) is 0 Å². The van der Waals surface area contributed by atoms with Crippen molar-refractivity contribution < 1.29 is 4.74 Å². The van der Waals surface area contributed by atoms with Gasteiger partial charge in [-0.3, -0.25) is 0 Å². The summed E-state index contributed by atoms with van der Waals surface area (Å²) in [6.45, 7) is 3.60. The van der Waals surface area contributed by atoms with Gasteiger partial charge in [0.2, 0.25) is 0 Å². The van der Waals surface area contributed by atoms with Crippen LogP contribution in [-0.4, -0.2) is 13.3 Å². The van der Waals surface area contributed by atoms with Crippen molar-refractivity contribution in [2.24, 2.45) is 17.6 Å². The normalized spacial score (nSPS) is 18.1. The summed E-state index contributed by atoms with van der Waals surface area (Å²) in [6, 6.07) is 0. The zero-order valence-electron chi connectivity index (χ0n) is 18.5. The molecule has 1 aliphatic rings. The van der Waals surface area contributed by atoms with Gasteiger partial charge in [0, 0.05) is 18.9 Å². The van der Waals surface area contributed by atoms with E-state index in [9.17, 15) is 0 Å². The molecule has 160 valence electrons. The zero-order chi connectivity index (χ0) is 20.1. The Bertz CT molecular complexity index is 457. The molecular weight excluding hydrogens is 342 g/mol. The predicted octanol–water partition coefficient (Wildman–Crippen LogP) is 7.15. The van der Waals surface area contributed by atoms with Crippen LogP contribution in [0.4, 0.5) is 0 Å². The third kappa shape index (κ3) is 16.0. The Morgan fingerprint density at radius 2 is 1.50 bits per heavy atom. The SMILES string of the molecule is CC(CCCCCCCCCCCCCCOCN)CC1C#CC/C=C\C=C1. The number of ether oxygens (including phenoxy) is 1. The summed E-state index contributed by atoms with van der Waals surface area (Å²) < 4.78 is 5.16. The lowest BCUT2D eigenvalue weighted by atomic mass is 9.91. The van der Waals surface area contributed by atoms with Gasteiger partial charge in [0.1, 0.15) is 0 Å². The highest BCUT2D eigenvalue weighted by Crippen LogP contribution is 2.20. The molecule has 0 aromatic carbocycles. The fourth-order valence-electron chi connectivity index (χ4n) is 3.88. The molecule has 2 atom stereocenters. The Labute approximate surface area is 175 Å². The van der Waals surface area contributed by atoms with Crippen LogP contribution >= 0.6 is 0 Å². The minimum absolute atomic E-state index is 0.365. The molecule has 0 aliphatic heterocycles. The van der Waals surface area contributed by atoms with Crippen molar-refractivity contribution in [2.75, 3.05) is 13.3 Å². The van der Waals surface area contributed by atoms with E-state index in [4.69, 9.17) is 10.5 Å². The second kappa shape index (κ2) is 19.3. The maximum atomic E-state index is 5.30. The standard InChI is InChI=1S/C26H45NO/c1-25(23-26-20-16-12-10-13-17-21-26)19-15-11-8-6-4-2-3-5-7-9-14-18-22-28-24-27/h10,12,16,20,25-26H,2-9,11,13-15,18-19,22-24,27H2,1H3/b12-10-,20-16?. The topological polar surface area (TPSA) is 35.2 Å². The van der Waals surface area contributed by atoms with E-state index < -0.39 is 0 Å². The van der Waals surface area contributed by atoms with Crippen molar-refractivity contribution in [3.63, 3.8) is 0 Å². The fraction of sp³-hybridized carbons (Fsp3) is 0.769. The molecule has 2 unspecified atom stereocenters. The molecule has 0 aromatic rings. The Kier molecular flexibility index (Phi) is 17.2. The highest BCUT2D eigenvalue weighted by atomic mass is 16.5. The maximum Gasteiger partial charge on any atom is 0.0940 e. The van der Waals surface area contributed by atoms with E-state index in [1.54, 1.807) is 0 Å². The second-order valence-corrected chi connectivity index (χ2v) is 8.39. The lowest BCUT2D eigenvalue weighted by Gasteiger charge is -2.14. The van der Waals surface area contributed by atoms with Gasteiger partial charge in [-0.2, -0.15) is 0 Å². The van der Waals surface area contributed by atoms with E-state index in [-0.39, 0.29) is 0 Å². The van der Waals surface area contributed by atoms with Crippen LogP contribution in [0.2, 0.25) is 0 Å². The molecular formula is C26H45NO.